The molecule has 0 amide bonds. The fourth-order valence-corrected chi connectivity index (χ4v) is 1.53. The number of nitrogens with zero attached hydrogens (tertiary/aromatic N) is 1. The highest BCUT2D eigenvalue weighted by atomic mass is 15.2. The van der Waals surface area contributed by atoms with Crippen LogP contribution in [-0.4, -0.2) is 30.6 Å². The minimum atomic E-state index is 0.698. The third kappa shape index (κ3) is 2.17. The topological polar surface area (TPSA) is 29.3 Å². The van der Waals surface area contributed by atoms with Crippen LogP contribution in [0.4, 0.5) is 0 Å². The molecule has 2 nitrogen and oxygen atoms in total. The van der Waals surface area contributed by atoms with Gasteiger partial charge < -0.3 is 5.73 Å². The number of nitrogens with two attached hydrogens (primary N) is 1. The maximum atomic E-state index is 5.60. The molecular formula is C9H20N2. The first-order chi connectivity index (χ1) is 5.27. The van der Waals surface area contributed by atoms with Gasteiger partial charge in [0.2, 0.25) is 0 Å². The minimum absolute atomic E-state index is 0.698. The van der Waals surface area contributed by atoms with E-state index in [0.717, 1.165) is 12.5 Å². The maximum absolute atomic E-state index is 5.60. The number of hydrogen-bond acceptors (Lipinski definition) is 2. The molecule has 1 fully saturated rings. The molecule has 2 unspecified atom stereocenters. The molecule has 66 valence electrons. The van der Waals surface area contributed by atoms with Crippen LogP contribution in [0.2, 0.25) is 0 Å². The molecule has 0 aromatic carbocycles. The third-order valence-corrected chi connectivity index (χ3v) is 2.78. The Labute approximate surface area is 69.8 Å². The smallest absolute Gasteiger partial charge is 0.0230 e. The van der Waals surface area contributed by atoms with Gasteiger partial charge in [-0.2, -0.15) is 0 Å². The maximum Gasteiger partial charge on any atom is 0.0230 e. The fraction of sp³-hybridized carbons (Fsp3) is 1.00. The van der Waals surface area contributed by atoms with Crippen LogP contribution in [0.25, 0.3) is 0 Å². The summed E-state index contributed by atoms with van der Waals surface area (Å²) in [4.78, 5) is 2.51. The van der Waals surface area contributed by atoms with Gasteiger partial charge in [0.05, 0.1) is 0 Å². The van der Waals surface area contributed by atoms with Crippen molar-refractivity contribution in [3.8, 4) is 0 Å². The summed E-state index contributed by atoms with van der Waals surface area (Å²) in [7, 11) is 0. The van der Waals surface area contributed by atoms with Crippen LogP contribution in [0.3, 0.4) is 0 Å². The SMILES string of the molecule is CCC(C)CN1CCC1CN. The molecule has 0 aromatic heterocycles. The van der Waals surface area contributed by atoms with E-state index in [4.69, 9.17) is 5.73 Å². The van der Waals surface area contributed by atoms with Crippen molar-refractivity contribution >= 4 is 0 Å². The molecule has 1 heterocycles. The molecular weight excluding hydrogens is 136 g/mol. The molecule has 1 saturated heterocycles. The van der Waals surface area contributed by atoms with Gasteiger partial charge in [0.15, 0.2) is 0 Å². The van der Waals surface area contributed by atoms with Gasteiger partial charge in [-0.25, -0.2) is 0 Å². The fourth-order valence-electron chi connectivity index (χ4n) is 1.53. The highest BCUT2D eigenvalue weighted by Gasteiger charge is 2.26. The zero-order valence-corrected chi connectivity index (χ0v) is 7.71. The molecule has 0 saturated carbocycles. The second-order valence-electron chi connectivity index (χ2n) is 3.69. The van der Waals surface area contributed by atoms with E-state index in [1.807, 2.05) is 0 Å². The van der Waals surface area contributed by atoms with E-state index in [2.05, 4.69) is 18.7 Å². The van der Waals surface area contributed by atoms with Crippen molar-refractivity contribution in [3.63, 3.8) is 0 Å². The lowest BCUT2D eigenvalue weighted by atomic mass is 9.99. The number of likely N-dealkylation sites (tertiary alicyclic amines) is 1. The first kappa shape index (κ1) is 9.01. The zero-order valence-electron chi connectivity index (χ0n) is 7.71. The van der Waals surface area contributed by atoms with Gasteiger partial charge in [-0.15, -0.1) is 0 Å². The summed E-state index contributed by atoms with van der Waals surface area (Å²) in [6.07, 6.45) is 2.60. The molecule has 0 spiro atoms. The monoisotopic (exact) mass is 156 g/mol. The van der Waals surface area contributed by atoms with Crippen LogP contribution in [0.1, 0.15) is 26.7 Å². The van der Waals surface area contributed by atoms with Gasteiger partial charge in [-0.05, 0) is 12.3 Å². The normalized spacial score (nSPS) is 28.1. The standard InChI is InChI=1S/C9H20N2/c1-3-8(2)7-11-5-4-9(11)6-10/h8-9H,3-7,10H2,1-2H3. The molecule has 1 aliphatic rings. The first-order valence-electron chi connectivity index (χ1n) is 4.72. The Morgan fingerprint density at radius 2 is 2.36 bits per heavy atom. The van der Waals surface area contributed by atoms with Gasteiger partial charge in [0, 0.05) is 25.7 Å². The van der Waals surface area contributed by atoms with E-state index in [-0.39, 0.29) is 0 Å². The molecule has 0 bridgehead atoms. The van der Waals surface area contributed by atoms with E-state index in [1.54, 1.807) is 0 Å². The molecule has 11 heavy (non-hydrogen) atoms. The van der Waals surface area contributed by atoms with Gasteiger partial charge in [-0.3, -0.25) is 4.90 Å². The van der Waals surface area contributed by atoms with E-state index in [1.165, 1.54) is 25.9 Å². The highest BCUT2D eigenvalue weighted by Crippen LogP contribution is 2.18. The van der Waals surface area contributed by atoms with Crippen LogP contribution < -0.4 is 5.73 Å². The quantitative estimate of drug-likeness (QED) is 0.659. The Morgan fingerprint density at radius 3 is 2.73 bits per heavy atom. The van der Waals surface area contributed by atoms with E-state index in [0.29, 0.717) is 6.04 Å². The molecule has 0 aromatic rings. The van der Waals surface area contributed by atoms with Crippen LogP contribution in [-0.2, 0) is 0 Å². The van der Waals surface area contributed by atoms with Crippen molar-refractivity contribution in [2.45, 2.75) is 32.7 Å². The van der Waals surface area contributed by atoms with Crippen molar-refractivity contribution in [3.05, 3.63) is 0 Å². The predicted octanol–water partition coefficient (Wildman–Crippen LogP) is 1.07. The molecule has 2 atom stereocenters. The lowest BCUT2D eigenvalue weighted by molar-refractivity contribution is 0.0791. The average Bonchev–Trinajstić information content (AvgIpc) is 1.98. The summed E-state index contributed by atoms with van der Waals surface area (Å²) in [5.74, 6) is 0.837. The molecule has 1 aliphatic heterocycles. The molecule has 2 N–H and O–H groups in total. The van der Waals surface area contributed by atoms with E-state index in [9.17, 15) is 0 Å². The van der Waals surface area contributed by atoms with E-state index >= 15 is 0 Å². The Hall–Kier alpha value is -0.0800. The summed E-state index contributed by atoms with van der Waals surface area (Å²) >= 11 is 0. The van der Waals surface area contributed by atoms with Crippen LogP contribution >= 0.6 is 0 Å². The molecule has 1 rings (SSSR count). The van der Waals surface area contributed by atoms with Crippen LogP contribution in [0.5, 0.6) is 0 Å². The second-order valence-corrected chi connectivity index (χ2v) is 3.69. The number of rotatable bonds is 4. The average molecular weight is 156 g/mol. The summed E-state index contributed by atoms with van der Waals surface area (Å²) in [6.45, 7) is 7.93. The zero-order chi connectivity index (χ0) is 8.27. The Morgan fingerprint density at radius 1 is 1.64 bits per heavy atom. The van der Waals surface area contributed by atoms with Crippen molar-refractivity contribution in [2.75, 3.05) is 19.6 Å². The lowest BCUT2D eigenvalue weighted by Crippen LogP contribution is -2.52. The van der Waals surface area contributed by atoms with Gasteiger partial charge >= 0.3 is 0 Å². The van der Waals surface area contributed by atoms with Crippen molar-refractivity contribution < 1.29 is 0 Å². The lowest BCUT2D eigenvalue weighted by Gasteiger charge is -2.41. The minimum Gasteiger partial charge on any atom is -0.329 e. The van der Waals surface area contributed by atoms with Crippen LogP contribution in [0, 0.1) is 5.92 Å². The first-order valence-corrected chi connectivity index (χ1v) is 4.72. The Kier molecular flexibility index (Phi) is 3.34. The van der Waals surface area contributed by atoms with Crippen molar-refractivity contribution in [2.24, 2.45) is 11.7 Å². The molecule has 0 aliphatic carbocycles. The largest absolute Gasteiger partial charge is 0.329 e. The summed E-state index contributed by atoms with van der Waals surface area (Å²) in [6, 6.07) is 0.698. The van der Waals surface area contributed by atoms with Gasteiger partial charge in [0.1, 0.15) is 0 Å². The highest BCUT2D eigenvalue weighted by molar-refractivity contribution is 4.83. The van der Waals surface area contributed by atoms with Gasteiger partial charge in [-0.1, -0.05) is 20.3 Å². The van der Waals surface area contributed by atoms with Crippen LogP contribution in [0.15, 0.2) is 0 Å². The Balaban J connectivity index is 2.16. The number of hydrogen-bond donors (Lipinski definition) is 1. The second kappa shape index (κ2) is 4.07. The Bertz CT molecular complexity index is 112. The molecule has 0 radical (unpaired) electrons. The van der Waals surface area contributed by atoms with Crippen molar-refractivity contribution in [1.82, 2.24) is 4.90 Å². The third-order valence-electron chi connectivity index (χ3n) is 2.78. The molecule has 2 heteroatoms. The van der Waals surface area contributed by atoms with E-state index < -0.39 is 0 Å². The van der Waals surface area contributed by atoms with Crippen molar-refractivity contribution in [1.29, 1.82) is 0 Å². The predicted molar refractivity (Wildman–Crippen MR) is 48.5 cm³/mol. The summed E-state index contributed by atoms with van der Waals surface area (Å²) in [5, 5.41) is 0. The summed E-state index contributed by atoms with van der Waals surface area (Å²) in [5.41, 5.74) is 5.60. The summed E-state index contributed by atoms with van der Waals surface area (Å²) < 4.78 is 0. The van der Waals surface area contributed by atoms with Gasteiger partial charge in [0.25, 0.3) is 0 Å².